The Labute approximate surface area is 303 Å². The maximum Gasteiger partial charge on any atom is 0.523 e. The summed E-state index contributed by atoms with van der Waals surface area (Å²) in [6.45, 7) is -3.05. The number of methoxy groups -OCH3 is 2. The van der Waals surface area contributed by atoms with Crippen LogP contribution in [0.5, 0.6) is 0 Å². The fraction of sp³-hybridized carbons (Fsp3) is 0.229. The molecule has 1 N–H and O–H groups in total. The van der Waals surface area contributed by atoms with Crippen molar-refractivity contribution in [2.75, 3.05) is 27.4 Å². The number of ketones is 1. The quantitative estimate of drug-likeness (QED) is 0.0435. The SMILES string of the molecule is COC(=O)C(=O)c1ccccc1.COC(=O)C(F)(F)c1ccccc1.O=S(=O)(OCC(F)(F)c1ccccc1)C(F)(F)F.OCC(F)(F)c1ccccc1. The average molecular weight is 799 g/mol. The van der Waals surface area contributed by atoms with Crippen molar-refractivity contribution in [3.8, 4) is 0 Å². The normalized spacial score (nSPS) is 11.6. The Morgan fingerprint density at radius 1 is 0.574 bits per heavy atom. The first-order valence-electron chi connectivity index (χ1n) is 14.7. The molecule has 294 valence electrons. The number of aliphatic hydroxyl groups excluding tert-OH is 1. The highest BCUT2D eigenvalue weighted by molar-refractivity contribution is 7.87. The van der Waals surface area contributed by atoms with Gasteiger partial charge >= 0.3 is 33.5 Å². The Morgan fingerprint density at radius 3 is 1.30 bits per heavy atom. The minimum Gasteiger partial charge on any atom is -0.464 e. The number of benzene rings is 4. The molecule has 0 atom stereocenters. The summed E-state index contributed by atoms with van der Waals surface area (Å²) in [6.07, 6.45) is 0. The number of halogens is 9. The Balaban J connectivity index is 0.000000367. The highest BCUT2D eigenvalue weighted by Crippen LogP contribution is 2.32. The fourth-order valence-electron chi connectivity index (χ4n) is 3.45. The lowest BCUT2D eigenvalue weighted by atomic mass is 10.1. The number of Topliss-reactive ketones (excluding diaryl/α,β-unsaturated/α-hetero) is 1. The fourth-order valence-corrected chi connectivity index (χ4v) is 3.89. The molecule has 9 nitrogen and oxygen atoms in total. The van der Waals surface area contributed by atoms with E-state index in [4.69, 9.17) is 5.11 Å². The maximum absolute atomic E-state index is 13.3. The third-order valence-corrected chi connectivity index (χ3v) is 7.25. The van der Waals surface area contributed by atoms with Gasteiger partial charge in [0.1, 0.15) is 13.2 Å². The molecule has 4 aromatic rings. The Hall–Kier alpha value is -5.27. The lowest BCUT2D eigenvalue weighted by molar-refractivity contribution is -0.170. The van der Waals surface area contributed by atoms with Crippen LogP contribution in [0.1, 0.15) is 27.0 Å². The van der Waals surface area contributed by atoms with E-state index in [2.05, 4.69) is 13.7 Å². The first kappa shape index (κ1) is 46.8. The number of carbonyl (C=O) groups is 3. The van der Waals surface area contributed by atoms with Crippen molar-refractivity contribution >= 4 is 27.8 Å². The molecule has 4 rings (SSSR count). The van der Waals surface area contributed by atoms with Crippen LogP contribution in [0.25, 0.3) is 0 Å². The minimum absolute atomic E-state index is 0.150. The molecule has 0 radical (unpaired) electrons. The maximum atomic E-state index is 13.3. The monoisotopic (exact) mass is 798 g/mol. The van der Waals surface area contributed by atoms with Crippen LogP contribution in [-0.4, -0.2) is 64.2 Å². The summed E-state index contributed by atoms with van der Waals surface area (Å²) in [5, 5.41) is 8.30. The Morgan fingerprint density at radius 2 is 0.944 bits per heavy atom. The predicted molar refractivity (Wildman–Crippen MR) is 174 cm³/mol. The Bertz CT molecular complexity index is 1850. The third-order valence-electron chi connectivity index (χ3n) is 6.25. The zero-order valence-electron chi connectivity index (χ0n) is 28.0. The second-order valence-corrected chi connectivity index (χ2v) is 11.7. The summed E-state index contributed by atoms with van der Waals surface area (Å²) in [5.41, 5.74) is -6.52. The largest absolute Gasteiger partial charge is 0.523 e. The Kier molecular flexibility index (Phi) is 18.0. The van der Waals surface area contributed by atoms with E-state index >= 15 is 0 Å². The summed E-state index contributed by atoms with van der Waals surface area (Å²) in [7, 11) is -3.91. The van der Waals surface area contributed by atoms with Gasteiger partial charge in [-0.1, -0.05) is 121 Å². The number of esters is 2. The zero-order valence-corrected chi connectivity index (χ0v) is 28.8. The van der Waals surface area contributed by atoms with Crippen molar-refractivity contribution < 1.29 is 81.1 Å². The molecule has 0 saturated heterocycles. The molecule has 0 spiro atoms. The van der Waals surface area contributed by atoms with Crippen LogP contribution < -0.4 is 0 Å². The van der Waals surface area contributed by atoms with Crippen molar-refractivity contribution in [3.05, 3.63) is 144 Å². The van der Waals surface area contributed by atoms with Crippen LogP contribution in [0, 0.1) is 0 Å². The molecule has 0 aliphatic carbocycles. The van der Waals surface area contributed by atoms with Gasteiger partial charge in [-0.2, -0.15) is 47.9 Å². The highest BCUT2D eigenvalue weighted by atomic mass is 32.2. The van der Waals surface area contributed by atoms with Gasteiger partial charge in [0.2, 0.25) is 0 Å². The number of hydrogen-bond donors (Lipinski definition) is 1. The van der Waals surface area contributed by atoms with Gasteiger partial charge in [0.05, 0.1) is 14.2 Å². The summed E-state index contributed by atoms with van der Waals surface area (Å²) < 4.78 is 146. The van der Waals surface area contributed by atoms with E-state index in [-0.39, 0.29) is 11.1 Å². The van der Waals surface area contributed by atoms with E-state index in [9.17, 15) is 62.3 Å². The smallest absolute Gasteiger partial charge is 0.464 e. The molecule has 4 aromatic carbocycles. The summed E-state index contributed by atoms with van der Waals surface area (Å²) >= 11 is 0. The molecule has 0 amide bonds. The van der Waals surface area contributed by atoms with Gasteiger partial charge in [-0.25, -0.2) is 9.59 Å². The van der Waals surface area contributed by atoms with Crippen LogP contribution >= 0.6 is 0 Å². The van der Waals surface area contributed by atoms with Crippen LogP contribution in [0.3, 0.4) is 0 Å². The van der Waals surface area contributed by atoms with Gasteiger partial charge in [-0.05, 0) is 0 Å². The van der Waals surface area contributed by atoms with Gasteiger partial charge in [-0.15, -0.1) is 0 Å². The van der Waals surface area contributed by atoms with Crippen molar-refractivity contribution in [2.45, 2.75) is 23.3 Å². The molecule has 0 aromatic heterocycles. The van der Waals surface area contributed by atoms with Gasteiger partial charge in [0, 0.05) is 22.3 Å². The van der Waals surface area contributed by atoms with E-state index in [0.29, 0.717) is 5.56 Å². The zero-order chi connectivity index (χ0) is 41.2. The first-order chi connectivity index (χ1) is 25.1. The minimum atomic E-state index is -6.02. The molecule has 19 heteroatoms. The highest BCUT2D eigenvalue weighted by Gasteiger charge is 2.49. The number of hydrogen-bond acceptors (Lipinski definition) is 9. The molecule has 54 heavy (non-hydrogen) atoms. The van der Waals surface area contributed by atoms with E-state index in [0.717, 1.165) is 19.2 Å². The number of carbonyl (C=O) groups excluding carboxylic acids is 3. The predicted octanol–water partition coefficient (Wildman–Crippen LogP) is 7.41. The molecule has 0 unspecified atom stereocenters. The second kappa shape index (κ2) is 20.8. The first-order valence-corrected chi connectivity index (χ1v) is 16.1. The summed E-state index contributed by atoms with van der Waals surface area (Å²) in [6, 6.07) is 28.2. The molecule has 0 heterocycles. The van der Waals surface area contributed by atoms with E-state index < -0.39 is 69.9 Å². The summed E-state index contributed by atoms with van der Waals surface area (Å²) in [5.74, 6) is -13.5. The van der Waals surface area contributed by atoms with Crippen molar-refractivity contribution in [1.29, 1.82) is 0 Å². The van der Waals surface area contributed by atoms with Crippen molar-refractivity contribution in [1.82, 2.24) is 0 Å². The van der Waals surface area contributed by atoms with Crippen LogP contribution in [0.4, 0.5) is 39.5 Å². The van der Waals surface area contributed by atoms with Gasteiger partial charge < -0.3 is 14.6 Å². The van der Waals surface area contributed by atoms with Crippen LogP contribution in [0.2, 0.25) is 0 Å². The summed E-state index contributed by atoms with van der Waals surface area (Å²) in [4.78, 5) is 32.5. The molecule has 0 aliphatic heterocycles. The van der Waals surface area contributed by atoms with Gasteiger partial charge in [-0.3, -0.25) is 8.98 Å². The van der Waals surface area contributed by atoms with Crippen LogP contribution in [-0.2, 0) is 51.1 Å². The molecule has 0 fully saturated rings. The standard InChI is InChI=1S/C9H7F5O3S.C9H8F2O2.C9H8O3.C8H8F2O/c10-8(11,7-4-2-1-3-5-7)6-17-18(15,16)9(12,13)14;1-13-8(12)9(10,11)7-5-3-2-4-6-7;1-12-9(11)8(10)7-5-3-2-4-6-7;9-8(10,6-11)7-4-2-1-3-5-7/h1-5H,6H2;2-6H,1H3;2-6H,1H3;1-5,11H,6H2. The van der Waals surface area contributed by atoms with E-state index in [1.807, 2.05) is 0 Å². The lowest BCUT2D eigenvalue weighted by Crippen LogP contribution is -2.30. The lowest BCUT2D eigenvalue weighted by Gasteiger charge is -2.17. The van der Waals surface area contributed by atoms with Gasteiger partial charge in [0.25, 0.3) is 17.6 Å². The van der Waals surface area contributed by atoms with Crippen molar-refractivity contribution in [2.24, 2.45) is 0 Å². The van der Waals surface area contributed by atoms with Crippen LogP contribution in [0.15, 0.2) is 121 Å². The third kappa shape index (κ3) is 14.6. The van der Waals surface area contributed by atoms with Gasteiger partial charge in [0.15, 0.2) is 0 Å². The number of ether oxygens (including phenoxy) is 2. The molecule has 0 aliphatic rings. The number of rotatable bonds is 10. The molecule has 0 saturated carbocycles. The van der Waals surface area contributed by atoms with E-state index in [1.165, 1.54) is 73.8 Å². The number of aliphatic hydroxyl groups is 1. The number of alkyl halides is 9. The molecular formula is C35H31F9O9S. The van der Waals surface area contributed by atoms with E-state index in [1.54, 1.807) is 42.5 Å². The average Bonchev–Trinajstić information content (AvgIpc) is 3.18. The second-order valence-electron chi connectivity index (χ2n) is 10.1. The molecular weight excluding hydrogens is 767 g/mol. The topological polar surface area (TPSA) is 133 Å². The van der Waals surface area contributed by atoms with Crippen molar-refractivity contribution in [3.63, 3.8) is 0 Å². The molecule has 0 bridgehead atoms.